The van der Waals surface area contributed by atoms with Gasteiger partial charge in [0.2, 0.25) is 5.91 Å². The number of benzene rings is 2. The second kappa shape index (κ2) is 5.47. The number of rotatable bonds is 3. The van der Waals surface area contributed by atoms with E-state index in [-0.39, 0.29) is 17.0 Å². The van der Waals surface area contributed by atoms with E-state index in [1.807, 2.05) is 18.2 Å². The number of carbonyl (C=O) groups excluding carboxylic acids is 1. The van der Waals surface area contributed by atoms with Crippen molar-refractivity contribution in [2.24, 2.45) is 0 Å². The Hall–Kier alpha value is -1.91. The van der Waals surface area contributed by atoms with Gasteiger partial charge in [-0.1, -0.05) is 35.9 Å². The Labute approximate surface area is 127 Å². The molecule has 0 fully saturated rings. The second-order valence-electron chi connectivity index (χ2n) is 5.01. The normalized spacial score (nSPS) is 14.7. The van der Waals surface area contributed by atoms with E-state index in [0.29, 0.717) is 12.0 Å². The summed E-state index contributed by atoms with van der Waals surface area (Å²) in [4.78, 5) is 11.4. The van der Waals surface area contributed by atoms with Crippen molar-refractivity contribution in [3.63, 3.8) is 0 Å². The van der Waals surface area contributed by atoms with E-state index in [0.717, 1.165) is 16.8 Å². The van der Waals surface area contributed by atoms with E-state index in [9.17, 15) is 9.18 Å². The van der Waals surface area contributed by atoms with Crippen LogP contribution < -0.4 is 10.6 Å². The summed E-state index contributed by atoms with van der Waals surface area (Å²) in [5.41, 5.74) is 3.41. The summed E-state index contributed by atoms with van der Waals surface area (Å²) in [7, 11) is 1.79. The molecular formula is C16H14ClFN2O. The Kier molecular flexibility index (Phi) is 3.66. The summed E-state index contributed by atoms with van der Waals surface area (Å²) in [5, 5.41) is 6.06. The van der Waals surface area contributed by atoms with Crippen LogP contribution in [0.1, 0.15) is 22.7 Å². The molecule has 0 bridgehead atoms. The predicted molar refractivity (Wildman–Crippen MR) is 81.1 cm³/mol. The topological polar surface area (TPSA) is 41.1 Å². The first kappa shape index (κ1) is 14.0. The molecule has 2 N–H and O–H groups in total. The number of carbonyl (C=O) groups is 1. The van der Waals surface area contributed by atoms with Crippen molar-refractivity contribution in [2.75, 3.05) is 12.4 Å². The fourth-order valence-electron chi connectivity index (χ4n) is 2.67. The van der Waals surface area contributed by atoms with Gasteiger partial charge in [0.15, 0.2) is 0 Å². The molecule has 0 radical (unpaired) electrons. The largest absolute Gasteiger partial charge is 0.326 e. The SMILES string of the molecule is CNC(c1ccc2c(c1)CC(=O)N2)c1cccc(F)c1Cl. The standard InChI is InChI=1S/C16H14ClFN2O/c1-19-16(11-3-2-4-12(18)15(11)17)9-5-6-13-10(7-9)8-14(21)20-13/h2-7,16,19H,8H2,1H3,(H,20,21). The van der Waals surface area contributed by atoms with Crippen LogP contribution in [0.2, 0.25) is 5.02 Å². The van der Waals surface area contributed by atoms with Crippen LogP contribution in [0.25, 0.3) is 0 Å². The number of hydrogen-bond donors (Lipinski definition) is 2. The Morgan fingerprint density at radius 1 is 1.33 bits per heavy atom. The highest BCUT2D eigenvalue weighted by atomic mass is 35.5. The fourth-order valence-corrected chi connectivity index (χ4v) is 2.91. The first-order chi connectivity index (χ1) is 10.1. The third kappa shape index (κ3) is 2.52. The minimum Gasteiger partial charge on any atom is -0.326 e. The van der Waals surface area contributed by atoms with Crippen LogP contribution in [-0.4, -0.2) is 13.0 Å². The molecule has 0 saturated carbocycles. The van der Waals surface area contributed by atoms with Crippen LogP contribution >= 0.6 is 11.6 Å². The molecule has 0 spiro atoms. The van der Waals surface area contributed by atoms with Gasteiger partial charge in [-0.25, -0.2) is 4.39 Å². The van der Waals surface area contributed by atoms with Gasteiger partial charge in [-0.3, -0.25) is 4.79 Å². The van der Waals surface area contributed by atoms with Gasteiger partial charge in [0.05, 0.1) is 17.5 Å². The van der Waals surface area contributed by atoms with E-state index in [1.54, 1.807) is 19.2 Å². The zero-order chi connectivity index (χ0) is 15.0. The summed E-state index contributed by atoms with van der Waals surface area (Å²) in [6.07, 6.45) is 0.372. The molecule has 1 amide bonds. The van der Waals surface area contributed by atoms with Gasteiger partial charge >= 0.3 is 0 Å². The smallest absolute Gasteiger partial charge is 0.228 e. The molecule has 108 valence electrons. The average Bonchev–Trinajstić information content (AvgIpc) is 2.83. The number of amides is 1. The quantitative estimate of drug-likeness (QED) is 0.913. The van der Waals surface area contributed by atoms with Crippen molar-refractivity contribution in [1.29, 1.82) is 0 Å². The lowest BCUT2D eigenvalue weighted by Crippen LogP contribution is -2.18. The molecule has 5 heteroatoms. The molecule has 2 aromatic carbocycles. The maximum atomic E-state index is 13.6. The second-order valence-corrected chi connectivity index (χ2v) is 5.38. The van der Waals surface area contributed by atoms with Crippen molar-refractivity contribution in [1.82, 2.24) is 5.32 Å². The van der Waals surface area contributed by atoms with Crippen molar-refractivity contribution >= 4 is 23.2 Å². The third-order valence-electron chi connectivity index (χ3n) is 3.67. The third-order valence-corrected chi connectivity index (χ3v) is 4.07. The van der Waals surface area contributed by atoms with Crippen LogP contribution in [0.15, 0.2) is 36.4 Å². The summed E-state index contributed by atoms with van der Waals surface area (Å²) >= 11 is 6.08. The summed E-state index contributed by atoms with van der Waals surface area (Å²) < 4.78 is 13.6. The Bertz CT molecular complexity index is 717. The highest BCUT2D eigenvalue weighted by Gasteiger charge is 2.22. The molecule has 0 aromatic heterocycles. The molecule has 3 nitrogen and oxygen atoms in total. The summed E-state index contributed by atoms with van der Waals surface area (Å²) in [5.74, 6) is -0.445. The lowest BCUT2D eigenvalue weighted by atomic mass is 9.96. The van der Waals surface area contributed by atoms with Crippen LogP contribution in [0, 0.1) is 5.82 Å². The number of anilines is 1. The fraction of sp³-hybridized carbons (Fsp3) is 0.188. The van der Waals surface area contributed by atoms with Gasteiger partial charge < -0.3 is 10.6 Å². The predicted octanol–water partition coefficient (Wildman–Crippen LogP) is 3.28. The Morgan fingerprint density at radius 2 is 2.14 bits per heavy atom. The summed E-state index contributed by atoms with van der Waals surface area (Å²) in [6.45, 7) is 0. The van der Waals surface area contributed by atoms with Crippen molar-refractivity contribution in [3.05, 3.63) is 63.9 Å². The molecule has 0 aliphatic carbocycles. The van der Waals surface area contributed by atoms with Crippen molar-refractivity contribution < 1.29 is 9.18 Å². The van der Waals surface area contributed by atoms with E-state index in [4.69, 9.17) is 11.6 Å². The first-order valence-corrected chi connectivity index (χ1v) is 7.02. The number of fused-ring (bicyclic) bond motifs is 1. The Balaban J connectivity index is 2.03. The minimum atomic E-state index is -0.438. The maximum absolute atomic E-state index is 13.6. The molecule has 0 saturated heterocycles. The molecule has 1 heterocycles. The van der Waals surface area contributed by atoms with Gasteiger partial charge in [-0.2, -0.15) is 0 Å². The lowest BCUT2D eigenvalue weighted by molar-refractivity contribution is -0.115. The molecule has 1 unspecified atom stereocenters. The van der Waals surface area contributed by atoms with Crippen LogP contribution in [-0.2, 0) is 11.2 Å². The van der Waals surface area contributed by atoms with Gasteiger partial charge in [0.25, 0.3) is 0 Å². The van der Waals surface area contributed by atoms with E-state index < -0.39 is 5.82 Å². The zero-order valence-corrected chi connectivity index (χ0v) is 12.2. The molecule has 1 aliphatic heterocycles. The van der Waals surface area contributed by atoms with Crippen LogP contribution in [0.3, 0.4) is 0 Å². The molecule has 2 aromatic rings. The van der Waals surface area contributed by atoms with Crippen molar-refractivity contribution in [2.45, 2.75) is 12.5 Å². The monoisotopic (exact) mass is 304 g/mol. The highest BCUT2D eigenvalue weighted by Crippen LogP contribution is 2.33. The molecule has 1 atom stereocenters. The molecule has 21 heavy (non-hydrogen) atoms. The Morgan fingerprint density at radius 3 is 2.90 bits per heavy atom. The summed E-state index contributed by atoms with van der Waals surface area (Å²) in [6, 6.07) is 10.3. The first-order valence-electron chi connectivity index (χ1n) is 6.64. The van der Waals surface area contributed by atoms with E-state index in [1.165, 1.54) is 6.07 Å². The number of halogens is 2. The van der Waals surface area contributed by atoms with Gasteiger partial charge in [-0.15, -0.1) is 0 Å². The highest BCUT2D eigenvalue weighted by molar-refractivity contribution is 6.31. The lowest BCUT2D eigenvalue weighted by Gasteiger charge is -2.19. The maximum Gasteiger partial charge on any atom is 0.228 e. The van der Waals surface area contributed by atoms with Gasteiger partial charge in [0, 0.05) is 5.69 Å². The average molecular weight is 305 g/mol. The van der Waals surface area contributed by atoms with E-state index >= 15 is 0 Å². The van der Waals surface area contributed by atoms with Crippen LogP contribution in [0.5, 0.6) is 0 Å². The van der Waals surface area contributed by atoms with E-state index in [2.05, 4.69) is 10.6 Å². The number of nitrogens with one attached hydrogen (secondary N) is 2. The van der Waals surface area contributed by atoms with Gasteiger partial charge in [-0.05, 0) is 35.9 Å². The minimum absolute atomic E-state index is 0.00746. The molecule has 3 rings (SSSR count). The van der Waals surface area contributed by atoms with Crippen molar-refractivity contribution in [3.8, 4) is 0 Å². The molecular weight excluding hydrogens is 291 g/mol. The number of hydrogen-bond acceptors (Lipinski definition) is 2. The van der Waals surface area contributed by atoms with Gasteiger partial charge in [0.1, 0.15) is 5.82 Å². The van der Waals surface area contributed by atoms with Crippen LogP contribution in [0.4, 0.5) is 10.1 Å². The molecule has 1 aliphatic rings. The zero-order valence-electron chi connectivity index (χ0n) is 11.4.